The highest BCUT2D eigenvalue weighted by molar-refractivity contribution is 7.09. The minimum atomic E-state index is 0.475. The molecule has 3 aromatic rings. The third-order valence-corrected chi connectivity index (χ3v) is 6.33. The molecule has 8 heteroatoms. The van der Waals surface area contributed by atoms with Crippen LogP contribution in [-0.4, -0.2) is 52.6 Å². The van der Waals surface area contributed by atoms with Gasteiger partial charge < -0.3 is 14.5 Å². The molecule has 2 aliphatic rings. The quantitative estimate of drug-likeness (QED) is 0.659. The van der Waals surface area contributed by atoms with Gasteiger partial charge in [-0.3, -0.25) is 4.98 Å². The summed E-state index contributed by atoms with van der Waals surface area (Å²) in [5, 5.41) is 1.01. The van der Waals surface area contributed by atoms with Crippen LogP contribution in [0.25, 0.3) is 11.3 Å². The molecule has 2 fully saturated rings. The second-order valence-electron chi connectivity index (χ2n) is 7.38. The molecule has 28 heavy (non-hydrogen) atoms. The number of rotatable bonds is 5. The summed E-state index contributed by atoms with van der Waals surface area (Å²) in [6.45, 7) is 4.56. The monoisotopic (exact) mass is 394 g/mol. The molecule has 2 atom stereocenters. The van der Waals surface area contributed by atoms with Crippen LogP contribution in [0.3, 0.4) is 0 Å². The Kier molecular flexibility index (Phi) is 4.66. The maximum absolute atomic E-state index is 5.12. The highest BCUT2D eigenvalue weighted by atomic mass is 32.1. The molecule has 2 saturated heterocycles. The predicted octanol–water partition coefficient (Wildman–Crippen LogP) is 2.71. The van der Waals surface area contributed by atoms with Gasteiger partial charge in [0.25, 0.3) is 0 Å². The summed E-state index contributed by atoms with van der Waals surface area (Å²) in [6, 6.07) is 10.2. The summed E-state index contributed by atoms with van der Waals surface area (Å²) in [6.07, 6.45) is 3.78. The van der Waals surface area contributed by atoms with Crippen molar-refractivity contribution in [1.82, 2.24) is 19.3 Å². The van der Waals surface area contributed by atoms with Gasteiger partial charge in [-0.2, -0.15) is 4.37 Å². The molecule has 0 aliphatic carbocycles. The third kappa shape index (κ3) is 3.33. The fourth-order valence-electron chi connectivity index (χ4n) is 4.14. The summed E-state index contributed by atoms with van der Waals surface area (Å²) in [7, 11) is 1.67. The Bertz CT molecular complexity index is 917. The lowest BCUT2D eigenvalue weighted by Crippen LogP contribution is -2.29. The number of nitrogens with zero attached hydrogens (tertiary/aromatic N) is 6. The van der Waals surface area contributed by atoms with Crippen LogP contribution in [0.2, 0.25) is 0 Å². The van der Waals surface area contributed by atoms with Crippen molar-refractivity contribution in [1.29, 1.82) is 0 Å². The molecule has 2 unspecified atom stereocenters. The van der Waals surface area contributed by atoms with Crippen molar-refractivity contribution >= 4 is 22.5 Å². The molecule has 0 amide bonds. The highest BCUT2D eigenvalue weighted by Gasteiger charge is 2.41. The molecule has 7 nitrogen and oxygen atoms in total. The van der Waals surface area contributed by atoms with Gasteiger partial charge in [-0.05, 0) is 0 Å². The lowest BCUT2D eigenvalue weighted by atomic mass is 10.0. The van der Waals surface area contributed by atoms with Gasteiger partial charge in [0.1, 0.15) is 12.4 Å². The van der Waals surface area contributed by atoms with Gasteiger partial charge in [-0.15, -0.1) is 0 Å². The maximum Gasteiger partial charge on any atom is 0.205 e. The zero-order valence-corrected chi connectivity index (χ0v) is 16.5. The van der Waals surface area contributed by atoms with E-state index in [0.717, 1.165) is 54.2 Å². The number of ether oxygens (including phenoxy) is 1. The van der Waals surface area contributed by atoms with E-state index in [4.69, 9.17) is 4.74 Å². The van der Waals surface area contributed by atoms with Crippen molar-refractivity contribution in [3.05, 3.63) is 48.5 Å². The molecule has 1 aromatic carbocycles. The van der Waals surface area contributed by atoms with Crippen LogP contribution in [0, 0.1) is 11.8 Å². The van der Waals surface area contributed by atoms with Crippen molar-refractivity contribution in [3.8, 4) is 11.3 Å². The highest BCUT2D eigenvalue weighted by Crippen LogP contribution is 2.36. The zero-order chi connectivity index (χ0) is 18.9. The van der Waals surface area contributed by atoms with Gasteiger partial charge in [0, 0.05) is 62.2 Å². The van der Waals surface area contributed by atoms with Crippen LogP contribution in [-0.2, 0) is 11.3 Å². The summed E-state index contributed by atoms with van der Waals surface area (Å²) >= 11 is 1.47. The lowest BCUT2D eigenvalue weighted by molar-refractivity contribution is 0.179. The molecule has 2 aliphatic heterocycles. The van der Waals surface area contributed by atoms with Crippen LogP contribution in [0.5, 0.6) is 0 Å². The van der Waals surface area contributed by atoms with Gasteiger partial charge in [-0.1, -0.05) is 30.3 Å². The summed E-state index contributed by atoms with van der Waals surface area (Å²) < 4.78 is 9.50. The Balaban J connectivity index is 1.23. The normalized spacial score (nSPS) is 21.3. The first-order chi connectivity index (χ1) is 13.8. The Labute approximate surface area is 168 Å². The predicted molar refractivity (Wildman–Crippen MR) is 109 cm³/mol. The van der Waals surface area contributed by atoms with E-state index in [1.165, 1.54) is 11.5 Å². The molecule has 0 radical (unpaired) electrons. The number of anilines is 2. The van der Waals surface area contributed by atoms with E-state index in [2.05, 4.69) is 41.3 Å². The first kappa shape index (κ1) is 17.5. The molecule has 0 spiro atoms. The second-order valence-corrected chi connectivity index (χ2v) is 8.11. The van der Waals surface area contributed by atoms with Gasteiger partial charge in [0.2, 0.25) is 5.13 Å². The molecule has 0 N–H and O–H groups in total. The van der Waals surface area contributed by atoms with Crippen LogP contribution in [0.1, 0.15) is 5.82 Å². The van der Waals surface area contributed by atoms with E-state index in [1.54, 1.807) is 7.11 Å². The maximum atomic E-state index is 5.12. The summed E-state index contributed by atoms with van der Waals surface area (Å²) in [5.41, 5.74) is 2.01. The average molecular weight is 395 g/mol. The van der Waals surface area contributed by atoms with E-state index in [1.807, 2.05) is 30.6 Å². The van der Waals surface area contributed by atoms with Gasteiger partial charge in [0.15, 0.2) is 5.82 Å². The fraction of sp³-hybridized carbons (Fsp3) is 0.400. The van der Waals surface area contributed by atoms with E-state index in [0.29, 0.717) is 18.4 Å². The molecule has 0 saturated carbocycles. The number of fused-ring (bicyclic) bond motifs is 1. The first-order valence-electron chi connectivity index (χ1n) is 9.49. The molecule has 4 heterocycles. The van der Waals surface area contributed by atoms with Crippen LogP contribution in [0.4, 0.5) is 10.9 Å². The molecular formula is C20H22N6OS. The zero-order valence-electron chi connectivity index (χ0n) is 15.7. The Hall–Kier alpha value is -2.58. The lowest BCUT2D eigenvalue weighted by Gasteiger charge is -2.21. The second kappa shape index (κ2) is 7.44. The van der Waals surface area contributed by atoms with Gasteiger partial charge in [0.05, 0.1) is 18.1 Å². The van der Waals surface area contributed by atoms with Crippen LogP contribution < -0.4 is 9.80 Å². The van der Waals surface area contributed by atoms with Crippen LogP contribution in [0.15, 0.2) is 42.7 Å². The van der Waals surface area contributed by atoms with E-state index >= 15 is 0 Å². The smallest absolute Gasteiger partial charge is 0.205 e. The number of benzene rings is 1. The van der Waals surface area contributed by atoms with Gasteiger partial charge >= 0.3 is 0 Å². The minimum Gasteiger partial charge on any atom is -0.377 e. The Morgan fingerprint density at radius 2 is 1.75 bits per heavy atom. The number of hydrogen-bond donors (Lipinski definition) is 0. The molecule has 2 aromatic heterocycles. The van der Waals surface area contributed by atoms with Crippen molar-refractivity contribution in [2.75, 3.05) is 43.1 Å². The van der Waals surface area contributed by atoms with E-state index < -0.39 is 0 Å². The standard InChI is InChI=1S/C20H22N6OS/c1-27-13-18-23-20(28-24-18)26-11-15-9-25(10-16(15)12-26)19-8-21-17(7-22-19)14-5-3-2-4-6-14/h2-8,15-16H,9-13H2,1H3. The van der Waals surface area contributed by atoms with Crippen molar-refractivity contribution in [2.45, 2.75) is 6.61 Å². The van der Waals surface area contributed by atoms with Crippen molar-refractivity contribution in [3.63, 3.8) is 0 Å². The number of methoxy groups -OCH3 is 1. The molecule has 5 rings (SSSR count). The number of aromatic nitrogens is 4. The Morgan fingerprint density at radius 1 is 1.00 bits per heavy atom. The Morgan fingerprint density at radius 3 is 2.43 bits per heavy atom. The minimum absolute atomic E-state index is 0.475. The summed E-state index contributed by atoms with van der Waals surface area (Å²) in [5.74, 6) is 3.00. The third-order valence-electron chi connectivity index (χ3n) is 5.52. The largest absolute Gasteiger partial charge is 0.377 e. The first-order valence-corrected chi connectivity index (χ1v) is 10.3. The average Bonchev–Trinajstić information content (AvgIpc) is 3.44. The fourth-order valence-corrected chi connectivity index (χ4v) is 4.83. The SMILES string of the molecule is COCc1nsc(N2CC3CN(c4cnc(-c5ccccc5)cn4)CC3C2)n1. The van der Waals surface area contributed by atoms with Crippen LogP contribution >= 0.6 is 11.5 Å². The van der Waals surface area contributed by atoms with E-state index in [9.17, 15) is 0 Å². The topological polar surface area (TPSA) is 67.3 Å². The van der Waals surface area contributed by atoms with E-state index in [-0.39, 0.29) is 0 Å². The number of hydrogen-bond acceptors (Lipinski definition) is 8. The molecule has 144 valence electrons. The molecule has 0 bridgehead atoms. The van der Waals surface area contributed by atoms with Gasteiger partial charge in [-0.25, -0.2) is 9.97 Å². The van der Waals surface area contributed by atoms with Crippen molar-refractivity contribution < 1.29 is 4.74 Å². The summed E-state index contributed by atoms with van der Waals surface area (Å²) in [4.78, 5) is 18.6. The van der Waals surface area contributed by atoms with Crippen molar-refractivity contribution in [2.24, 2.45) is 11.8 Å². The molecular weight excluding hydrogens is 372 g/mol.